The SMILES string of the molecule is CCC1CC[NH+](Cc2cnc(C(O)(c3ccccc3)c3ccccc3)o2)CC1COc1cccc(F)c1. The topological polar surface area (TPSA) is 59.9 Å². The number of halogens is 1. The van der Waals surface area contributed by atoms with Crippen LogP contribution in [0.5, 0.6) is 5.75 Å². The summed E-state index contributed by atoms with van der Waals surface area (Å²) >= 11 is 0. The van der Waals surface area contributed by atoms with Gasteiger partial charge in [0.2, 0.25) is 5.89 Å². The number of quaternary nitrogens is 1. The van der Waals surface area contributed by atoms with Crippen LogP contribution in [0.2, 0.25) is 0 Å². The summed E-state index contributed by atoms with van der Waals surface area (Å²) < 4.78 is 25.8. The van der Waals surface area contributed by atoms with E-state index in [2.05, 4.69) is 11.9 Å². The molecule has 0 bridgehead atoms. The molecule has 6 heteroatoms. The van der Waals surface area contributed by atoms with Crippen molar-refractivity contribution in [3.05, 3.63) is 120 Å². The molecule has 5 rings (SSSR count). The predicted molar refractivity (Wildman–Crippen MR) is 140 cm³/mol. The Morgan fingerprint density at radius 2 is 1.70 bits per heavy atom. The van der Waals surface area contributed by atoms with Crippen molar-refractivity contribution >= 4 is 0 Å². The van der Waals surface area contributed by atoms with Gasteiger partial charge in [-0.1, -0.05) is 80.1 Å². The van der Waals surface area contributed by atoms with Crippen molar-refractivity contribution in [2.24, 2.45) is 11.8 Å². The van der Waals surface area contributed by atoms with Crippen LogP contribution < -0.4 is 9.64 Å². The number of aromatic nitrogens is 1. The smallest absolute Gasteiger partial charge is 0.236 e. The molecule has 1 aliphatic rings. The molecule has 1 saturated heterocycles. The minimum atomic E-state index is -1.48. The van der Waals surface area contributed by atoms with Crippen LogP contribution >= 0.6 is 0 Å². The Balaban J connectivity index is 1.31. The maximum atomic E-state index is 13.6. The molecular formula is C31H34FN2O3+. The van der Waals surface area contributed by atoms with E-state index in [-0.39, 0.29) is 11.7 Å². The zero-order valence-electron chi connectivity index (χ0n) is 21.1. The monoisotopic (exact) mass is 501 g/mol. The van der Waals surface area contributed by atoms with Crippen molar-refractivity contribution < 1.29 is 23.6 Å². The lowest BCUT2D eigenvalue weighted by atomic mass is 9.84. The molecule has 2 N–H and O–H groups in total. The number of hydrogen-bond acceptors (Lipinski definition) is 4. The first kappa shape index (κ1) is 25.2. The quantitative estimate of drug-likeness (QED) is 0.352. The van der Waals surface area contributed by atoms with Crippen molar-refractivity contribution in [2.45, 2.75) is 31.9 Å². The summed E-state index contributed by atoms with van der Waals surface area (Å²) in [6, 6.07) is 25.4. The third-order valence-electron chi connectivity index (χ3n) is 7.54. The van der Waals surface area contributed by atoms with Gasteiger partial charge >= 0.3 is 0 Å². The minimum Gasteiger partial charge on any atom is -0.493 e. The van der Waals surface area contributed by atoms with Crippen LogP contribution in [0.15, 0.2) is 95.5 Å². The molecule has 5 nitrogen and oxygen atoms in total. The van der Waals surface area contributed by atoms with Gasteiger partial charge < -0.3 is 19.2 Å². The lowest BCUT2D eigenvalue weighted by molar-refractivity contribution is -0.924. The molecule has 3 unspecified atom stereocenters. The average Bonchev–Trinajstić information content (AvgIpc) is 3.41. The van der Waals surface area contributed by atoms with Gasteiger partial charge in [0.1, 0.15) is 18.1 Å². The molecule has 0 radical (unpaired) electrons. The zero-order valence-corrected chi connectivity index (χ0v) is 21.1. The fraction of sp³-hybridized carbons (Fsp3) is 0.323. The fourth-order valence-electron chi connectivity index (χ4n) is 5.49. The van der Waals surface area contributed by atoms with Crippen LogP contribution in [0.4, 0.5) is 4.39 Å². The number of piperidine rings is 1. The van der Waals surface area contributed by atoms with Crippen LogP contribution in [0.3, 0.4) is 0 Å². The van der Waals surface area contributed by atoms with Crippen molar-refractivity contribution in [1.29, 1.82) is 0 Å². The van der Waals surface area contributed by atoms with Crippen LogP contribution in [0.1, 0.15) is 42.5 Å². The van der Waals surface area contributed by atoms with Gasteiger partial charge in [0, 0.05) is 12.0 Å². The molecule has 2 heterocycles. The number of oxazole rings is 1. The Kier molecular flexibility index (Phi) is 7.68. The van der Waals surface area contributed by atoms with Crippen molar-refractivity contribution in [1.82, 2.24) is 4.98 Å². The molecule has 37 heavy (non-hydrogen) atoms. The van der Waals surface area contributed by atoms with E-state index in [1.807, 2.05) is 60.7 Å². The number of nitrogens with one attached hydrogen (secondary N) is 1. The summed E-state index contributed by atoms with van der Waals surface area (Å²) in [5, 5.41) is 11.9. The summed E-state index contributed by atoms with van der Waals surface area (Å²) in [6.07, 6.45) is 3.93. The van der Waals surface area contributed by atoms with Gasteiger partial charge in [-0.2, -0.15) is 0 Å². The van der Waals surface area contributed by atoms with E-state index in [0.29, 0.717) is 41.9 Å². The number of hydrogen-bond donors (Lipinski definition) is 2. The van der Waals surface area contributed by atoms with E-state index in [1.165, 1.54) is 17.0 Å². The molecule has 1 aromatic heterocycles. The number of ether oxygens (including phenoxy) is 1. The van der Waals surface area contributed by atoms with Gasteiger partial charge in [-0.05, 0) is 35.6 Å². The summed E-state index contributed by atoms with van der Waals surface area (Å²) in [6.45, 7) is 5.44. The van der Waals surface area contributed by atoms with E-state index in [9.17, 15) is 9.50 Å². The Morgan fingerprint density at radius 1 is 1.00 bits per heavy atom. The van der Waals surface area contributed by atoms with Crippen LogP contribution in [0, 0.1) is 17.7 Å². The highest BCUT2D eigenvalue weighted by Gasteiger charge is 2.39. The molecule has 1 fully saturated rings. The number of rotatable bonds is 9. The normalized spacial score (nSPS) is 20.0. The molecule has 192 valence electrons. The lowest BCUT2D eigenvalue weighted by Gasteiger charge is -2.35. The second-order valence-electron chi connectivity index (χ2n) is 9.94. The van der Waals surface area contributed by atoms with Gasteiger partial charge in [-0.3, -0.25) is 0 Å². The predicted octanol–water partition coefficient (Wildman–Crippen LogP) is 4.61. The van der Waals surface area contributed by atoms with Gasteiger partial charge in [-0.15, -0.1) is 0 Å². The third-order valence-corrected chi connectivity index (χ3v) is 7.54. The van der Waals surface area contributed by atoms with Gasteiger partial charge in [0.05, 0.1) is 25.9 Å². The molecule has 0 amide bonds. The highest BCUT2D eigenvalue weighted by molar-refractivity contribution is 5.41. The maximum absolute atomic E-state index is 13.6. The number of aliphatic hydroxyl groups is 1. The van der Waals surface area contributed by atoms with E-state index in [4.69, 9.17) is 9.15 Å². The third kappa shape index (κ3) is 5.60. The van der Waals surface area contributed by atoms with Gasteiger partial charge in [-0.25, -0.2) is 9.37 Å². The van der Waals surface area contributed by atoms with Crippen molar-refractivity contribution in [3.63, 3.8) is 0 Å². The Hall–Kier alpha value is -3.48. The first-order chi connectivity index (χ1) is 18.1. The lowest BCUT2D eigenvalue weighted by Crippen LogP contribution is -3.12. The molecule has 4 aromatic rings. The van der Waals surface area contributed by atoms with Crippen LogP contribution in [-0.4, -0.2) is 29.8 Å². The summed E-state index contributed by atoms with van der Waals surface area (Å²) in [5.41, 5.74) is -0.0624. The second kappa shape index (κ2) is 11.3. The van der Waals surface area contributed by atoms with Crippen molar-refractivity contribution in [3.8, 4) is 5.75 Å². The first-order valence-electron chi connectivity index (χ1n) is 13.1. The minimum absolute atomic E-state index is 0.272. The molecule has 0 spiro atoms. The molecular weight excluding hydrogens is 467 g/mol. The molecule has 1 aliphatic heterocycles. The molecule has 3 atom stereocenters. The first-order valence-corrected chi connectivity index (χ1v) is 13.1. The Labute approximate surface area is 217 Å². The van der Waals surface area contributed by atoms with Gasteiger partial charge in [0.15, 0.2) is 11.4 Å². The van der Waals surface area contributed by atoms with Crippen LogP contribution in [0.25, 0.3) is 0 Å². The standard InChI is InChI=1S/C31H33FN2O3/c1-2-23-16-17-34(20-24(23)22-36-28-15-9-14-27(32)18-28)21-29-19-33-30(37-29)31(35,25-10-5-3-6-11-25)26-12-7-4-8-13-26/h3-15,18-19,23-24,35H,2,16-17,20-22H2,1H3/p+1. The average molecular weight is 502 g/mol. The highest BCUT2D eigenvalue weighted by Crippen LogP contribution is 2.36. The Morgan fingerprint density at radius 3 is 2.35 bits per heavy atom. The van der Waals surface area contributed by atoms with E-state index in [0.717, 1.165) is 31.7 Å². The summed E-state index contributed by atoms with van der Waals surface area (Å²) in [7, 11) is 0. The Bertz CT molecular complexity index is 1240. The summed E-state index contributed by atoms with van der Waals surface area (Å²) in [5.74, 6) is 2.24. The van der Waals surface area contributed by atoms with Crippen molar-refractivity contribution in [2.75, 3.05) is 19.7 Å². The molecule has 3 aromatic carbocycles. The number of nitrogens with zero attached hydrogens (tertiary/aromatic N) is 1. The van der Waals surface area contributed by atoms with Gasteiger partial charge in [0.25, 0.3) is 0 Å². The van der Waals surface area contributed by atoms with E-state index in [1.54, 1.807) is 18.3 Å². The second-order valence-corrected chi connectivity index (χ2v) is 9.94. The maximum Gasteiger partial charge on any atom is 0.236 e. The molecule has 0 saturated carbocycles. The van der Waals surface area contributed by atoms with Crippen LogP contribution in [-0.2, 0) is 12.1 Å². The summed E-state index contributed by atoms with van der Waals surface area (Å²) in [4.78, 5) is 5.94. The number of benzene rings is 3. The van der Waals surface area contributed by atoms with E-state index < -0.39 is 5.60 Å². The van der Waals surface area contributed by atoms with E-state index >= 15 is 0 Å². The largest absolute Gasteiger partial charge is 0.493 e. The number of likely N-dealkylation sites (tertiary alicyclic amines) is 1. The highest BCUT2D eigenvalue weighted by atomic mass is 19.1. The molecule has 0 aliphatic carbocycles. The fourth-order valence-corrected chi connectivity index (χ4v) is 5.49. The zero-order chi connectivity index (χ0) is 25.7.